The highest BCUT2D eigenvalue weighted by Crippen LogP contribution is 2.36. The van der Waals surface area contributed by atoms with Crippen molar-refractivity contribution in [1.29, 1.82) is 0 Å². The molecule has 0 aliphatic carbocycles. The first-order valence-corrected chi connectivity index (χ1v) is 12.4. The zero-order chi connectivity index (χ0) is 21.5. The standard InChI is InChI=1S/C23H24ClN3O2S2/c24-19-8-6-18(7-9-19)22(17-4-2-1-3-5-17)30-16-21(28)26-23-25-20(15-31-23)14-27-10-12-29-13-11-27/h1-9,15,22H,10-14,16H2,(H,25,26,28). The third-order valence-electron chi connectivity index (χ3n) is 4.94. The Balaban J connectivity index is 1.35. The highest BCUT2D eigenvalue weighted by Gasteiger charge is 2.18. The van der Waals surface area contributed by atoms with Gasteiger partial charge in [-0.2, -0.15) is 0 Å². The molecule has 5 nitrogen and oxygen atoms in total. The van der Waals surface area contributed by atoms with Gasteiger partial charge in [-0.1, -0.05) is 54.1 Å². The van der Waals surface area contributed by atoms with Crippen LogP contribution in [0.5, 0.6) is 0 Å². The predicted molar refractivity (Wildman–Crippen MR) is 129 cm³/mol. The van der Waals surface area contributed by atoms with Crippen molar-refractivity contribution in [3.8, 4) is 0 Å². The molecular formula is C23H24ClN3O2S2. The smallest absolute Gasteiger partial charge is 0.236 e. The summed E-state index contributed by atoms with van der Waals surface area (Å²) in [6, 6.07) is 18.0. The van der Waals surface area contributed by atoms with E-state index < -0.39 is 0 Å². The van der Waals surface area contributed by atoms with E-state index in [2.05, 4.69) is 27.3 Å². The second-order valence-corrected chi connectivity index (χ2v) is 9.62. The normalized spacial score (nSPS) is 15.5. The number of carbonyl (C=O) groups is 1. The molecule has 0 radical (unpaired) electrons. The molecule has 1 fully saturated rings. The molecule has 4 rings (SSSR count). The van der Waals surface area contributed by atoms with Crippen molar-refractivity contribution in [3.63, 3.8) is 0 Å². The van der Waals surface area contributed by atoms with Crippen LogP contribution in [0.1, 0.15) is 22.1 Å². The lowest BCUT2D eigenvalue weighted by Crippen LogP contribution is -2.35. The Hall–Kier alpha value is -1.90. The molecule has 162 valence electrons. The number of hydrogen-bond acceptors (Lipinski definition) is 6. The zero-order valence-electron chi connectivity index (χ0n) is 17.0. The van der Waals surface area contributed by atoms with Gasteiger partial charge in [0.2, 0.25) is 5.91 Å². The van der Waals surface area contributed by atoms with Crippen molar-refractivity contribution in [3.05, 3.63) is 81.8 Å². The molecule has 1 aliphatic rings. The summed E-state index contributed by atoms with van der Waals surface area (Å²) in [5, 5.41) is 6.37. The molecule has 0 bridgehead atoms. The van der Waals surface area contributed by atoms with Crippen molar-refractivity contribution in [1.82, 2.24) is 9.88 Å². The van der Waals surface area contributed by atoms with Gasteiger partial charge < -0.3 is 10.1 Å². The molecule has 0 spiro atoms. The number of morpholine rings is 1. The van der Waals surface area contributed by atoms with Crippen LogP contribution in [-0.4, -0.2) is 47.8 Å². The molecule has 0 saturated carbocycles. The Bertz CT molecular complexity index is 976. The first-order valence-electron chi connectivity index (χ1n) is 10.1. The van der Waals surface area contributed by atoms with Gasteiger partial charge in [-0.25, -0.2) is 4.98 Å². The Morgan fingerprint density at radius 1 is 1.13 bits per heavy atom. The average Bonchev–Trinajstić information content (AvgIpc) is 3.23. The number of thioether (sulfide) groups is 1. The van der Waals surface area contributed by atoms with E-state index in [1.54, 1.807) is 11.8 Å². The van der Waals surface area contributed by atoms with Crippen LogP contribution in [0.4, 0.5) is 5.13 Å². The van der Waals surface area contributed by atoms with Crippen LogP contribution in [0.15, 0.2) is 60.0 Å². The van der Waals surface area contributed by atoms with E-state index in [9.17, 15) is 4.79 Å². The highest BCUT2D eigenvalue weighted by molar-refractivity contribution is 8.00. The topological polar surface area (TPSA) is 54.5 Å². The molecule has 1 saturated heterocycles. The fourth-order valence-corrected chi connectivity index (χ4v) is 5.32. The molecule has 2 heterocycles. The maximum atomic E-state index is 12.6. The van der Waals surface area contributed by atoms with Crippen molar-refractivity contribution in [2.75, 3.05) is 37.4 Å². The quantitative estimate of drug-likeness (QED) is 0.493. The van der Waals surface area contributed by atoms with Crippen LogP contribution in [0, 0.1) is 0 Å². The summed E-state index contributed by atoms with van der Waals surface area (Å²) in [5.41, 5.74) is 3.26. The SMILES string of the molecule is O=C(CSC(c1ccccc1)c1ccc(Cl)cc1)Nc1nc(CN2CCOCC2)cs1. The molecular weight excluding hydrogens is 450 g/mol. The second-order valence-electron chi connectivity index (χ2n) is 7.23. The number of halogens is 1. The van der Waals surface area contributed by atoms with Gasteiger partial charge in [0.1, 0.15) is 0 Å². The second kappa shape index (κ2) is 11.1. The minimum atomic E-state index is -0.0489. The minimum Gasteiger partial charge on any atom is -0.379 e. The number of rotatable bonds is 8. The van der Waals surface area contributed by atoms with Gasteiger partial charge in [0.25, 0.3) is 0 Å². The molecule has 2 aromatic carbocycles. The van der Waals surface area contributed by atoms with Gasteiger partial charge >= 0.3 is 0 Å². The zero-order valence-corrected chi connectivity index (χ0v) is 19.4. The third-order valence-corrected chi connectivity index (χ3v) is 7.31. The number of amides is 1. The lowest BCUT2D eigenvalue weighted by molar-refractivity contribution is -0.113. The monoisotopic (exact) mass is 473 g/mol. The Morgan fingerprint density at radius 2 is 1.84 bits per heavy atom. The summed E-state index contributed by atoms with van der Waals surface area (Å²) < 4.78 is 5.39. The first-order chi connectivity index (χ1) is 15.2. The number of anilines is 1. The van der Waals surface area contributed by atoms with Crippen LogP contribution in [-0.2, 0) is 16.1 Å². The molecule has 1 N–H and O–H groups in total. The fourth-order valence-electron chi connectivity index (χ4n) is 3.39. The Labute approximate surface area is 195 Å². The van der Waals surface area contributed by atoms with Crippen LogP contribution in [0.2, 0.25) is 5.02 Å². The van der Waals surface area contributed by atoms with Crippen LogP contribution in [0.3, 0.4) is 0 Å². The number of hydrogen-bond donors (Lipinski definition) is 1. The first kappa shape index (κ1) is 22.3. The molecule has 31 heavy (non-hydrogen) atoms. The number of benzene rings is 2. The van der Waals surface area contributed by atoms with E-state index in [1.807, 2.05) is 47.8 Å². The van der Waals surface area contributed by atoms with Gasteiger partial charge in [-0.05, 0) is 23.3 Å². The number of nitrogens with one attached hydrogen (secondary N) is 1. The summed E-state index contributed by atoms with van der Waals surface area (Å²) in [6.07, 6.45) is 0. The minimum absolute atomic E-state index is 0.0489. The summed E-state index contributed by atoms with van der Waals surface area (Å²) in [6.45, 7) is 4.16. The van der Waals surface area contributed by atoms with Gasteiger partial charge in [-0.3, -0.25) is 9.69 Å². The summed E-state index contributed by atoms with van der Waals surface area (Å²) in [5.74, 6) is 0.285. The van der Waals surface area contributed by atoms with E-state index in [0.29, 0.717) is 15.9 Å². The molecule has 1 aromatic heterocycles. The highest BCUT2D eigenvalue weighted by atomic mass is 35.5. The third kappa shape index (κ3) is 6.54. The summed E-state index contributed by atoms with van der Waals surface area (Å²) in [4.78, 5) is 19.5. The molecule has 1 atom stereocenters. The largest absolute Gasteiger partial charge is 0.379 e. The average molecular weight is 474 g/mol. The van der Waals surface area contributed by atoms with E-state index in [1.165, 1.54) is 11.3 Å². The van der Waals surface area contributed by atoms with E-state index in [4.69, 9.17) is 16.3 Å². The fraction of sp³-hybridized carbons (Fsp3) is 0.304. The lowest BCUT2D eigenvalue weighted by Gasteiger charge is -2.25. The van der Waals surface area contributed by atoms with Crippen LogP contribution < -0.4 is 5.32 Å². The predicted octanol–water partition coefficient (Wildman–Crippen LogP) is 5.09. The lowest BCUT2D eigenvalue weighted by atomic mass is 10.0. The van der Waals surface area contributed by atoms with Crippen molar-refractivity contribution in [2.24, 2.45) is 0 Å². The van der Waals surface area contributed by atoms with Gasteiger partial charge in [0.05, 0.1) is 29.9 Å². The van der Waals surface area contributed by atoms with Crippen molar-refractivity contribution >= 4 is 45.7 Å². The van der Waals surface area contributed by atoms with Crippen LogP contribution >= 0.6 is 34.7 Å². The van der Waals surface area contributed by atoms with E-state index in [0.717, 1.165) is 49.7 Å². The molecule has 1 amide bonds. The van der Waals surface area contributed by atoms with Crippen molar-refractivity contribution in [2.45, 2.75) is 11.8 Å². The molecule has 3 aromatic rings. The maximum Gasteiger partial charge on any atom is 0.236 e. The Morgan fingerprint density at radius 3 is 2.58 bits per heavy atom. The van der Waals surface area contributed by atoms with Crippen molar-refractivity contribution < 1.29 is 9.53 Å². The van der Waals surface area contributed by atoms with E-state index >= 15 is 0 Å². The molecule has 1 unspecified atom stereocenters. The van der Waals surface area contributed by atoms with Gasteiger partial charge in [0, 0.05) is 30.0 Å². The number of ether oxygens (including phenoxy) is 1. The van der Waals surface area contributed by atoms with Crippen LogP contribution in [0.25, 0.3) is 0 Å². The number of carbonyl (C=O) groups excluding carboxylic acids is 1. The van der Waals surface area contributed by atoms with Gasteiger partial charge in [0.15, 0.2) is 5.13 Å². The van der Waals surface area contributed by atoms with E-state index in [-0.39, 0.29) is 11.2 Å². The number of nitrogens with zero attached hydrogens (tertiary/aromatic N) is 2. The summed E-state index contributed by atoms with van der Waals surface area (Å²) in [7, 11) is 0. The molecule has 8 heteroatoms. The summed E-state index contributed by atoms with van der Waals surface area (Å²) >= 11 is 9.12. The maximum absolute atomic E-state index is 12.6. The molecule has 1 aliphatic heterocycles. The number of aromatic nitrogens is 1. The number of thiazole rings is 1. The Kier molecular flexibility index (Phi) is 7.99. The van der Waals surface area contributed by atoms with Gasteiger partial charge in [-0.15, -0.1) is 23.1 Å².